The third-order valence-electron chi connectivity index (χ3n) is 2.23. The zero-order chi connectivity index (χ0) is 10.8. The molecule has 15 heavy (non-hydrogen) atoms. The highest BCUT2D eigenvalue weighted by Crippen LogP contribution is 2.29. The summed E-state index contributed by atoms with van der Waals surface area (Å²) >= 11 is 0. The van der Waals surface area contributed by atoms with E-state index in [1.54, 1.807) is 12.3 Å². The van der Waals surface area contributed by atoms with Crippen molar-refractivity contribution in [1.82, 2.24) is 4.98 Å². The molecule has 80 valence electrons. The van der Waals surface area contributed by atoms with Crippen LogP contribution in [0.2, 0.25) is 0 Å². The molecule has 1 aromatic heterocycles. The van der Waals surface area contributed by atoms with Gasteiger partial charge in [0.15, 0.2) is 5.75 Å². The molecule has 1 aliphatic carbocycles. The minimum absolute atomic E-state index is 0.248. The summed E-state index contributed by atoms with van der Waals surface area (Å²) in [5.74, 6) is 0.145. The van der Waals surface area contributed by atoms with E-state index in [1.165, 1.54) is 7.11 Å². The second kappa shape index (κ2) is 3.88. The first-order valence-electron chi connectivity index (χ1n) is 4.92. The molecular weight excluding hydrogens is 194 g/mol. The predicted molar refractivity (Wildman–Crippen MR) is 54.0 cm³/mol. The summed E-state index contributed by atoms with van der Waals surface area (Å²) in [6.45, 7) is 1.83. The number of aryl methyl sites for hydroxylation is 1. The van der Waals surface area contributed by atoms with Crippen LogP contribution >= 0.6 is 0 Å². The molecule has 0 aliphatic heterocycles. The van der Waals surface area contributed by atoms with E-state index >= 15 is 0 Å². The maximum Gasteiger partial charge on any atom is 0.341 e. The molecule has 0 atom stereocenters. The summed E-state index contributed by atoms with van der Waals surface area (Å²) in [7, 11) is 1.36. The molecule has 1 heterocycles. The van der Waals surface area contributed by atoms with E-state index in [0.29, 0.717) is 11.3 Å². The van der Waals surface area contributed by atoms with Crippen molar-refractivity contribution in [3.8, 4) is 5.75 Å². The molecule has 0 bridgehead atoms. The summed E-state index contributed by atoms with van der Waals surface area (Å²) in [5.41, 5.74) is 1.23. The van der Waals surface area contributed by atoms with Gasteiger partial charge in [-0.15, -0.1) is 0 Å². The second-order valence-corrected chi connectivity index (χ2v) is 3.63. The van der Waals surface area contributed by atoms with E-state index in [2.05, 4.69) is 9.72 Å². The van der Waals surface area contributed by atoms with Crippen LogP contribution in [-0.4, -0.2) is 24.2 Å². The molecule has 1 saturated carbocycles. The van der Waals surface area contributed by atoms with Crippen molar-refractivity contribution in [3.63, 3.8) is 0 Å². The predicted octanol–water partition coefficient (Wildman–Crippen LogP) is 1.72. The third-order valence-corrected chi connectivity index (χ3v) is 2.23. The quantitative estimate of drug-likeness (QED) is 0.708. The standard InChI is InChI=1S/C11H13NO3/c1-7-5-9(11(13)14-2)10(6-12-7)15-8-3-4-8/h5-6,8H,3-4H2,1-2H3. The van der Waals surface area contributed by atoms with Gasteiger partial charge in [-0.3, -0.25) is 4.98 Å². The summed E-state index contributed by atoms with van der Waals surface area (Å²) in [6, 6.07) is 1.68. The molecule has 1 aliphatic rings. The Morgan fingerprint density at radius 2 is 2.27 bits per heavy atom. The maximum atomic E-state index is 11.5. The van der Waals surface area contributed by atoms with Gasteiger partial charge in [0.25, 0.3) is 0 Å². The fourth-order valence-electron chi connectivity index (χ4n) is 1.28. The van der Waals surface area contributed by atoms with Crippen LogP contribution in [0.1, 0.15) is 28.9 Å². The van der Waals surface area contributed by atoms with Crippen molar-refractivity contribution in [2.24, 2.45) is 0 Å². The van der Waals surface area contributed by atoms with E-state index in [0.717, 1.165) is 18.5 Å². The highest BCUT2D eigenvalue weighted by Gasteiger charge is 2.26. The number of carbonyl (C=O) groups is 1. The highest BCUT2D eigenvalue weighted by molar-refractivity contribution is 5.92. The average Bonchev–Trinajstić information content (AvgIpc) is 3.03. The van der Waals surface area contributed by atoms with Gasteiger partial charge in [0.2, 0.25) is 0 Å². The lowest BCUT2D eigenvalue weighted by Crippen LogP contribution is -2.08. The van der Waals surface area contributed by atoms with Crippen LogP contribution in [0.5, 0.6) is 5.75 Å². The molecule has 0 aromatic carbocycles. The summed E-state index contributed by atoms with van der Waals surface area (Å²) in [6.07, 6.45) is 3.93. The SMILES string of the molecule is COC(=O)c1cc(C)ncc1OC1CC1. The molecular formula is C11H13NO3. The fourth-order valence-corrected chi connectivity index (χ4v) is 1.28. The molecule has 0 N–H and O–H groups in total. The summed E-state index contributed by atoms with van der Waals surface area (Å²) in [4.78, 5) is 15.6. The Kier molecular flexibility index (Phi) is 2.58. The van der Waals surface area contributed by atoms with Gasteiger partial charge in [-0.1, -0.05) is 0 Å². The Balaban J connectivity index is 2.29. The largest absolute Gasteiger partial charge is 0.488 e. The molecule has 4 nitrogen and oxygen atoms in total. The number of pyridine rings is 1. The first kappa shape index (κ1) is 9.96. The van der Waals surface area contributed by atoms with Crippen LogP contribution in [0.4, 0.5) is 0 Å². The van der Waals surface area contributed by atoms with Crippen molar-refractivity contribution >= 4 is 5.97 Å². The molecule has 0 radical (unpaired) electrons. The summed E-state index contributed by atoms with van der Waals surface area (Å²) in [5, 5.41) is 0. The Morgan fingerprint density at radius 3 is 2.87 bits per heavy atom. The lowest BCUT2D eigenvalue weighted by atomic mass is 10.2. The number of aromatic nitrogens is 1. The van der Waals surface area contributed by atoms with Gasteiger partial charge < -0.3 is 9.47 Å². The van der Waals surface area contributed by atoms with E-state index in [9.17, 15) is 4.79 Å². The van der Waals surface area contributed by atoms with Gasteiger partial charge in [0, 0.05) is 5.69 Å². The minimum atomic E-state index is -0.379. The average molecular weight is 207 g/mol. The molecule has 0 unspecified atom stereocenters. The van der Waals surface area contributed by atoms with Gasteiger partial charge in [-0.05, 0) is 25.8 Å². The number of carbonyl (C=O) groups excluding carboxylic acids is 1. The van der Waals surface area contributed by atoms with E-state index in [4.69, 9.17) is 4.74 Å². The van der Waals surface area contributed by atoms with Crippen molar-refractivity contribution < 1.29 is 14.3 Å². The van der Waals surface area contributed by atoms with Crippen LogP contribution in [-0.2, 0) is 4.74 Å². The number of esters is 1. The zero-order valence-electron chi connectivity index (χ0n) is 8.82. The number of rotatable bonds is 3. The van der Waals surface area contributed by atoms with Gasteiger partial charge >= 0.3 is 5.97 Å². The van der Waals surface area contributed by atoms with Crippen molar-refractivity contribution in [2.75, 3.05) is 7.11 Å². The number of hydrogen-bond donors (Lipinski definition) is 0. The molecule has 0 saturated heterocycles. The smallest absolute Gasteiger partial charge is 0.341 e. The first-order valence-corrected chi connectivity index (χ1v) is 4.92. The minimum Gasteiger partial charge on any atom is -0.488 e. The fraction of sp³-hybridized carbons (Fsp3) is 0.455. The Labute approximate surface area is 88.2 Å². The maximum absolute atomic E-state index is 11.5. The van der Waals surface area contributed by atoms with E-state index in [-0.39, 0.29) is 12.1 Å². The number of methoxy groups -OCH3 is 1. The highest BCUT2D eigenvalue weighted by atomic mass is 16.5. The van der Waals surface area contributed by atoms with Gasteiger partial charge in [-0.25, -0.2) is 4.79 Å². The number of hydrogen-bond acceptors (Lipinski definition) is 4. The summed E-state index contributed by atoms with van der Waals surface area (Å²) < 4.78 is 10.3. The molecule has 0 amide bonds. The van der Waals surface area contributed by atoms with Gasteiger partial charge in [0.05, 0.1) is 19.4 Å². The van der Waals surface area contributed by atoms with Crippen molar-refractivity contribution in [3.05, 3.63) is 23.5 Å². The molecule has 4 heteroatoms. The normalized spacial score (nSPS) is 14.8. The van der Waals surface area contributed by atoms with Gasteiger partial charge in [0.1, 0.15) is 5.56 Å². The topological polar surface area (TPSA) is 48.4 Å². The molecule has 2 rings (SSSR count). The molecule has 1 aromatic rings. The monoisotopic (exact) mass is 207 g/mol. The Bertz CT molecular complexity index is 385. The zero-order valence-corrected chi connectivity index (χ0v) is 8.82. The van der Waals surface area contributed by atoms with Gasteiger partial charge in [-0.2, -0.15) is 0 Å². The lowest BCUT2D eigenvalue weighted by Gasteiger charge is -2.09. The van der Waals surface area contributed by atoms with Crippen LogP contribution < -0.4 is 4.74 Å². The van der Waals surface area contributed by atoms with Crippen molar-refractivity contribution in [2.45, 2.75) is 25.9 Å². The third kappa shape index (κ3) is 2.26. The molecule has 1 fully saturated rings. The molecule has 0 spiro atoms. The van der Waals surface area contributed by atoms with Crippen LogP contribution in [0, 0.1) is 6.92 Å². The second-order valence-electron chi connectivity index (χ2n) is 3.63. The van der Waals surface area contributed by atoms with Crippen molar-refractivity contribution in [1.29, 1.82) is 0 Å². The Morgan fingerprint density at radius 1 is 1.53 bits per heavy atom. The van der Waals surface area contributed by atoms with E-state index in [1.807, 2.05) is 6.92 Å². The van der Waals surface area contributed by atoms with E-state index < -0.39 is 0 Å². The lowest BCUT2D eigenvalue weighted by molar-refractivity contribution is 0.0595. The number of nitrogens with zero attached hydrogens (tertiary/aromatic N) is 1. The number of ether oxygens (including phenoxy) is 2. The first-order chi connectivity index (χ1) is 7.20. The Hall–Kier alpha value is -1.58. The van der Waals surface area contributed by atoms with Crippen LogP contribution in [0.25, 0.3) is 0 Å². The van der Waals surface area contributed by atoms with Crippen LogP contribution in [0.15, 0.2) is 12.3 Å². The van der Waals surface area contributed by atoms with Crippen LogP contribution in [0.3, 0.4) is 0 Å².